The molecule has 0 atom stereocenters. The Morgan fingerprint density at radius 1 is 0.950 bits per heavy atom. The summed E-state index contributed by atoms with van der Waals surface area (Å²) in [6.45, 7) is 0. The summed E-state index contributed by atoms with van der Waals surface area (Å²) >= 11 is 6.76. The van der Waals surface area contributed by atoms with E-state index in [-0.39, 0.29) is 5.78 Å². The van der Waals surface area contributed by atoms with Crippen molar-refractivity contribution in [3.05, 3.63) is 56.5 Å². The molecule has 0 radical (unpaired) electrons. The van der Waals surface area contributed by atoms with Gasteiger partial charge in [0.15, 0.2) is 0 Å². The van der Waals surface area contributed by atoms with Crippen LogP contribution in [0, 0.1) is 0 Å². The molecule has 2 rings (SSSR count). The Balaban J connectivity index is 2.58. The van der Waals surface area contributed by atoms with Gasteiger partial charge in [-0.3, -0.25) is 4.79 Å². The van der Waals surface area contributed by atoms with E-state index in [2.05, 4.69) is 31.9 Å². The van der Waals surface area contributed by atoms with E-state index in [1.807, 2.05) is 6.07 Å². The summed E-state index contributed by atoms with van der Waals surface area (Å²) in [7, 11) is 3.06. The van der Waals surface area contributed by atoms with Crippen molar-refractivity contribution >= 4 is 37.6 Å². The number of carbonyl (C=O) groups excluding carboxylic acids is 1. The van der Waals surface area contributed by atoms with Crippen molar-refractivity contribution in [3.8, 4) is 11.5 Å². The molecule has 5 heteroatoms. The molecule has 2 aromatic rings. The molecule has 0 heterocycles. The molecule has 0 aliphatic rings. The minimum atomic E-state index is -0.152. The second-order valence-corrected chi connectivity index (χ2v) is 5.86. The molecular formula is C15H12Br2O3. The van der Waals surface area contributed by atoms with Crippen LogP contribution >= 0.6 is 31.9 Å². The molecule has 2 aromatic carbocycles. The Bertz CT molecular complexity index is 611. The lowest BCUT2D eigenvalue weighted by Gasteiger charge is -2.12. The lowest BCUT2D eigenvalue weighted by Crippen LogP contribution is -2.06. The van der Waals surface area contributed by atoms with Gasteiger partial charge in [-0.1, -0.05) is 37.9 Å². The number of ether oxygens (including phenoxy) is 2. The van der Waals surface area contributed by atoms with Crippen LogP contribution < -0.4 is 9.47 Å². The third-order valence-electron chi connectivity index (χ3n) is 2.78. The van der Waals surface area contributed by atoms with Crippen molar-refractivity contribution in [2.45, 2.75) is 0 Å². The standard InChI is InChI=1S/C15H12Br2O3/c1-19-12-4-3-5-13(20-2)14(12)15(18)9-6-10(16)8-11(17)7-9/h3-8H,1-2H3. The van der Waals surface area contributed by atoms with Crippen LogP contribution in [0.3, 0.4) is 0 Å². The number of methoxy groups -OCH3 is 2. The highest BCUT2D eigenvalue weighted by Gasteiger charge is 2.20. The Kier molecular flexibility index (Phi) is 4.83. The SMILES string of the molecule is COc1cccc(OC)c1C(=O)c1cc(Br)cc(Br)c1. The summed E-state index contributed by atoms with van der Waals surface area (Å²) in [5.41, 5.74) is 0.969. The first-order chi connectivity index (χ1) is 9.56. The molecule has 20 heavy (non-hydrogen) atoms. The van der Waals surface area contributed by atoms with Gasteiger partial charge in [-0.15, -0.1) is 0 Å². The van der Waals surface area contributed by atoms with Gasteiger partial charge in [0.05, 0.1) is 14.2 Å². The summed E-state index contributed by atoms with van der Waals surface area (Å²) in [6, 6.07) is 10.7. The smallest absolute Gasteiger partial charge is 0.200 e. The van der Waals surface area contributed by atoms with Crippen LogP contribution in [0.15, 0.2) is 45.3 Å². The van der Waals surface area contributed by atoms with E-state index in [1.54, 1.807) is 30.3 Å². The van der Waals surface area contributed by atoms with Crippen molar-refractivity contribution in [1.82, 2.24) is 0 Å². The molecule has 0 N–H and O–H groups in total. The predicted octanol–water partition coefficient (Wildman–Crippen LogP) is 4.46. The maximum absolute atomic E-state index is 12.7. The second kappa shape index (κ2) is 6.41. The number of hydrogen-bond donors (Lipinski definition) is 0. The number of ketones is 1. The molecule has 104 valence electrons. The minimum Gasteiger partial charge on any atom is -0.496 e. The summed E-state index contributed by atoms with van der Waals surface area (Å²) in [4.78, 5) is 12.7. The van der Waals surface area contributed by atoms with Gasteiger partial charge in [0.1, 0.15) is 17.1 Å². The highest BCUT2D eigenvalue weighted by atomic mass is 79.9. The summed E-state index contributed by atoms with van der Waals surface area (Å²) < 4.78 is 12.2. The van der Waals surface area contributed by atoms with Gasteiger partial charge in [-0.2, -0.15) is 0 Å². The second-order valence-electron chi connectivity index (χ2n) is 4.02. The molecule has 0 aliphatic heterocycles. The van der Waals surface area contributed by atoms with Crippen LogP contribution in [0.5, 0.6) is 11.5 Å². The zero-order valence-corrected chi connectivity index (χ0v) is 14.1. The third kappa shape index (κ3) is 3.04. The first kappa shape index (κ1) is 15.1. The Morgan fingerprint density at radius 2 is 1.45 bits per heavy atom. The van der Waals surface area contributed by atoms with E-state index >= 15 is 0 Å². The molecule has 0 saturated heterocycles. The molecule has 0 fully saturated rings. The lowest BCUT2D eigenvalue weighted by atomic mass is 10.0. The molecule has 0 saturated carbocycles. The number of carbonyl (C=O) groups is 1. The average Bonchev–Trinajstić information content (AvgIpc) is 2.44. The average molecular weight is 400 g/mol. The molecule has 0 aromatic heterocycles. The molecule has 0 aliphatic carbocycles. The maximum atomic E-state index is 12.7. The van der Waals surface area contributed by atoms with E-state index in [0.29, 0.717) is 22.6 Å². The zero-order valence-electron chi connectivity index (χ0n) is 10.9. The predicted molar refractivity (Wildman–Crippen MR) is 84.8 cm³/mol. The summed E-state index contributed by atoms with van der Waals surface area (Å²) in [5.74, 6) is 0.831. The van der Waals surface area contributed by atoms with Gasteiger partial charge in [-0.25, -0.2) is 0 Å². The Hall–Kier alpha value is -1.33. The van der Waals surface area contributed by atoms with Crippen LogP contribution in [-0.2, 0) is 0 Å². The van der Waals surface area contributed by atoms with Crippen LogP contribution in [0.4, 0.5) is 0 Å². The fraction of sp³-hybridized carbons (Fsp3) is 0.133. The van der Waals surface area contributed by atoms with Crippen molar-refractivity contribution in [1.29, 1.82) is 0 Å². The highest BCUT2D eigenvalue weighted by Crippen LogP contribution is 2.32. The van der Waals surface area contributed by atoms with Crippen LogP contribution in [0.25, 0.3) is 0 Å². The van der Waals surface area contributed by atoms with Crippen molar-refractivity contribution < 1.29 is 14.3 Å². The molecule has 0 spiro atoms. The van der Waals surface area contributed by atoms with Gasteiger partial charge in [0.25, 0.3) is 0 Å². The monoisotopic (exact) mass is 398 g/mol. The van der Waals surface area contributed by atoms with E-state index in [0.717, 1.165) is 8.95 Å². The first-order valence-corrected chi connectivity index (χ1v) is 7.37. The lowest BCUT2D eigenvalue weighted by molar-refractivity contribution is 0.103. The van der Waals surface area contributed by atoms with Crippen LogP contribution in [0.1, 0.15) is 15.9 Å². The van der Waals surface area contributed by atoms with Gasteiger partial charge in [0, 0.05) is 14.5 Å². The van der Waals surface area contributed by atoms with E-state index in [9.17, 15) is 4.79 Å². The molecule has 0 unspecified atom stereocenters. The zero-order chi connectivity index (χ0) is 14.7. The van der Waals surface area contributed by atoms with Gasteiger partial charge >= 0.3 is 0 Å². The summed E-state index contributed by atoms with van der Waals surface area (Å²) in [5, 5.41) is 0. The number of halogens is 2. The molecule has 0 amide bonds. The summed E-state index contributed by atoms with van der Waals surface area (Å²) in [6.07, 6.45) is 0. The van der Waals surface area contributed by atoms with E-state index in [1.165, 1.54) is 14.2 Å². The molecule has 0 bridgehead atoms. The van der Waals surface area contributed by atoms with Crippen molar-refractivity contribution in [2.75, 3.05) is 14.2 Å². The van der Waals surface area contributed by atoms with Crippen molar-refractivity contribution in [2.24, 2.45) is 0 Å². The molecular weight excluding hydrogens is 388 g/mol. The maximum Gasteiger partial charge on any atom is 0.200 e. The quantitative estimate of drug-likeness (QED) is 0.712. The topological polar surface area (TPSA) is 35.5 Å². The highest BCUT2D eigenvalue weighted by molar-refractivity contribution is 9.11. The van der Waals surface area contributed by atoms with Gasteiger partial charge in [-0.05, 0) is 30.3 Å². The third-order valence-corrected chi connectivity index (χ3v) is 3.70. The largest absolute Gasteiger partial charge is 0.496 e. The fourth-order valence-electron chi connectivity index (χ4n) is 1.90. The van der Waals surface area contributed by atoms with E-state index < -0.39 is 0 Å². The molecule has 3 nitrogen and oxygen atoms in total. The fourth-order valence-corrected chi connectivity index (χ4v) is 3.20. The minimum absolute atomic E-state index is 0.152. The number of benzene rings is 2. The first-order valence-electron chi connectivity index (χ1n) is 5.78. The number of rotatable bonds is 4. The Labute approximate surface area is 134 Å². The van der Waals surface area contributed by atoms with Gasteiger partial charge in [0.2, 0.25) is 5.78 Å². The van der Waals surface area contributed by atoms with Gasteiger partial charge < -0.3 is 9.47 Å². The van der Waals surface area contributed by atoms with Crippen LogP contribution in [0.2, 0.25) is 0 Å². The van der Waals surface area contributed by atoms with Crippen LogP contribution in [-0.4, -0.2) is 20.0 Å². The Morgan fingerprint density at radius 3 is 1.90 bits per heavy atom. The normalized spacial score (nSPS) is 10.2. The number of hydrogen-bond acceptors (Lipinski definition) is 3. The van der Waals surface area contributed by atoms with Crippen molar-refractivity contribution in [3.63, 3.8) is 0 Å². The van der Waals surface area contributed by atoms with E-state index in [4.69, 9.17) is 9.47 Å².